The number of rotatable bonds is 6. The summed E-state index contributed by atoms with van der Waals surface area (Å²) in [5.41, 5.74) is 0. The van der Waals surface area contributed by atoms with Crippen molar-refractivity contribution in [1.29, 1.82) is 0 Å². The molecule has 1 saturated heterocycles. The van der Waals surface area contributed by atoms with E-state index >= 15 is 0 Å². The fourth-order valence-corrected chi connectivity index (χ4v) is 2.85. The first-order valence-corrected chi connectivity index (χ1v) is 7.67. The summed E-state index contributed by atoms with van der Waals surface area (Å²) >= 11 is 0. The molecular weight excluding hydrogens is 256 g/mol. The predicted octanol–water partition coefficient (Wildman–Crippen LogP) is 1.17. The molecule has 3 unspecified atom stereocenters. The second kappa shape index (κ2) is 6.12. The summed E-state index contributed by atoms with van der Waals surface area (Å²) in [6.45, 7) is 9.01. The van der Waals surface area contributed by atoms with Crippen molar-refractivity contribution in [2.24, 2.45) is 11.8 Å². The first-order chi connectivity index (χ1) is 9.47. The van der Waals surface area contributed by atoms with Crippen LogP contribution in [-0.4, -0.2) is 48.1 Å². The second-order valence-electron chi connectivity index (χ2n) is 6.22. The average molecular weight is 282 g/mol. The first-order valence-electron chi connectivity index (χ1n) is 7.67. The lowest BCUT2D eigenvalue weighted by Gasteiger charge is -2.43. The summed E-state index contributed by atoms with van der Waals surface area (Å²) in [6, 6.07) is -0.767. The van der Waals surface area contributed by atoms with Gasteiger partial charge in [0, 0.05) is 6.61 Å². The maximum Gasteiger partial charge on any atom is 0.246 e. The summed E-state index contributed by atoms with van der Waals surface area (Å²) in [5, 5.41) is 2.89. The van der Waals surface area contributed by atoms with Crippen LogP contribution in [0.25, 0.3) is 0 Å². The van der Waals surface area contributed by atoms with Crippen molar-refractivity contribution in [3.63, 3.8) is 0 Å². The summed E-state index contributed by atoms with van der Waals surface area (Å²) in [5.74, 6) is 0.627. The van der Waals surface area contributed by atoms with Gasteiger partial charge in [-0.2, -0.15) is 0 Å². The van der Waals surface area contributed by atoms with Gasteiger partial charge in [-0.3, -0.25) is 9.59 Å². The van der Waals surface area contributed by atoms with E-state index in [1.165, 1.54) is 0 Å². The van der Waals surface area contributed by atoms with Crippen molar-refractivity contribution in [3.8, 4) is 0 Å². The topological polar surface area (TPSA) is 58.6 Å². The number of hydrogen-bond acceptors (Lipinski definition) is 3. The molecule has 1 heterocycles. The highest BCUT2D eigenvalue weighted by Gasteiger charge is 2.47. The van der Waals surface area contributed by atoms with Gasteiger partial charge < -0.3 is 15.0 Å². The van der Waals surface area contributed by atoms with E-state index in [2.05, 4.69) is 19.2 Å². The average Bonchev–Trinajstić information content (AvgIpc) is 3.21. The number of amides is 2. The highest BCUT2D eigenvalue weighted by Crippen LogP contribution is 2.35. The third-order valence-electron chi connectivity index (χ3n) is 4.33. The molecule has 3 atom stereocenters. The first kappa shape index (κ1) is 15.3. The zero-order valence-electron chi connectivity index (χ0n) is 12.9. The molecule has 5 nitrogen and oxygen atoms in total. The molecule has 0 radical (unpaired) electrons. The van der Waals surface area contributed by atoms with Gasteiger partial charge in [0.2, 0.25) is 11.8 Å². The van der Waals surface area contributed by atoms with Crippen molar-refractivity contribution < 1.29 is 14.3 Å². The van der Waals surface area contributed by atoms with Gasteiger partial charge in [0.25, 0.3) is 0 Å². The Kier molecular flexibility index (Phi) is 4.68. The Morgan fingerprint density at radius 1 is 1.35 bits per heavy atom. The van der Waals surface area contributed by atoms with E-state index in [1.54, 1.807) is 11.8 Å². The molecule has 0 aromatic carbocycles. The summed E-state index contributed by atoms with van der Waals surface area (Å²) in [7, 11) is 0. The largest absolute Gasteiger partial charge is 0.380 e. The molecule has 1 N–H and O–H groups in total. The molecule has 0 spiro atoms. The van der Waals surface area contributed by atoms with Crippen molar-refractivity contribution in [2.45, 2.75) is 58.7 Å². The molecule has 1 saturated carbocycles. The molecule has 0 bridgehead atoms. The molecule has 20 heavy (non-hydrogen) atoms. The van der Waals surface area contributed by atoms with Crippen LogP contribution in [0.5, 0.6) is 0 Å². The van der Waals surface area contributed by atoms with Gasteiger partial charge in [0.1, 0.15) is 12.1 Å². The van der Waals surface area contributed by atoms with Crippen molar-refractivity contribution in [1.82, 2.24) is 10.2 Å². The molecule has 2 fully saturated rings. The van der Waals surface area contributed by atoms with Gasteiger partial charge in [-0.15, -0.1) is 0 Å². The highest BCUT2D eigenvalue weighted by atomic mass is 16.5. The van der Waals surface area contributed by atoms with Crippen LogP contribution < -0.4 is 5.32 Å². The lowest BCUT2D eigenvalue weighted by atomic mass is 9.96. The van der Waals surface area contributed by atoms with E-state index in [4.69, 9.17) is 4.74 Å². The number of nitrogens with zero attached hydrogens (tertiary/aromatic N) is 1. The minimum atomic E-state index is -0.412. The van der Waals surface area contributed by atoms with Crippen LogP contribution in [0.4, 0.5) is 0 Å². The lowest BCUT2D eigenvalue weighted by Crippen LogP contribution is -2.66. The van der Waals surface area contributed by atoms with Crippen LogP contribution in [0.2, 0.25) is 0 Å². The number of piperazine rings is 1. The molecular formula is C15H26N2O3. The molecule has 2 aliphatic rings. The van der Waals surface area contributed by atoms with E-state index < -0.39 is 6.04 Å². The maximum atomic E-state index is 12.7. The zero-order valence-corrected chi connectivity index (χ0v) is 12.9. The molecule has 0 aromatic heterocycles. The number of hydrogen-bond donors (Lipinski definition) is 1. The monoisotopic (exact) mass is 282 g/mol. The van der Waals surface area contributed by atoms with Gasteiger partial charge >= 0.3 is 0 Å². The van der Waals surface area contributed by atoms with Crippen LogP contribution in [0, 0.1) is 11.8 Å². The smallest absolute Gasteiger partial charge is 0.246 e. The Morgan fingerprint density at radius 3 is 2.50 bits per heavy atom. The number of carbonyl (C=O) groups excluding carboxylic acids is 2. The fourth-order valence-electron chi connectivity index (χ4n) is 2.85. The van der Waals surface area contributed by atoms with Crippen LogP contribution in [0.15, 0.2) is 0 Å². The predicted molar refractivity (Wildman–Crippen MR) is 76.1 cm³/mol. The van der Waals surface area contributed by atoms with Gasteiger partial charge in [0.15, 0.2) is 0 Å². The maximum absolute atomic E-state index is 12.7. The third-order valence-corrected chi connectivity index (χ3v) is 4.33. The van der Waals surface area contributed by atoms with Crippen LogP contribution in [0.3, 0.4) is 0 Å². The Balaban J connectivity index is 2.18. The molecule has 0 aromatic rings. The SMILES string of the molecule is CCOCC(C(C)C)N1C(=O)C(C2CC2)NC(=O)C1C. The quantitative estimate of drug-likeness (QED) is 0.795. The van der Waals surface area contributed by atoms with E-state index in [0.29, 0.717) is 19.1 Å². The minimum absolute atomic E-state index is 0.0373. The number of nitrogens with one attached hydrogen (secondary N) is 1. The zero-order chi connectivity index (χ0) is 14.9. The van der Waals surface area contributed by atoms with Gasteiger partial charge in [-0.1, -0.05) is 13.8 Å². The lowest BCUT2D eigenvalue weighted by molar-refractivity contribution is -0.155. The highest BCUT2D eigenvalue weighted by molar-refractivity contribution is 5.97. The summed E-state index contributed by atoms with van der Waals surface area (Å²) in [4.78, 5) is 26.6. The van der Waals surface area contributed by atoms with Crippen molar-refractivity contribution in [2.75, 3.05) is 13.2 Å². The summed E-state index contributed by atoms with van der Waals surface area (Å²) in [6.07, 6.45) is 2.08. The fraction of sp³-hybridized carbons (Fsp3) is 0.867. The normalized spacial score (nSPS) is 28.8. The van der Waals surface area contributed by atoms with E-state index in [1.807, 2.05) is 6.92 Å². The summed E-state index contributed by atoms with van der Waals surface area (Å²) < 4.78 is 5.53. The second-order valence-corrected chi connectivity index (χ2v) is 6.22. The van der Waals surface area contributed by atoms with Crippen molar-refractivity contribution in [3.05, 3.63) is 0 Å². The van der Waals surface area contributed by atoms with Crippen LogP contribution >= 0.6 is 0 Å². The Morgan fingerprint density at radius 2 is 2.00 bits per heavy atom. The van der Waals surface area contributed by atoms with Gasteiger partial charge in [-0.25, -0.2) is 0 Å². The van der Waals surface area contributed by atoms with Crippen molar-refractivity contribution >= 4 is 11.8 Å². The minimum Gasteiger partial charge on any atom is -0.380 e. The van der Waals surface area contributed by atoms with E-state index in [-0.39, 0.29) is 29.8 Å². The third kappa shape index (κ3) is 2.97. The van der Waals surface area contributed by atoms with Gasteiger partial charge in [-0.05, 0) is 38.5 Å². The molecule has 1 aliphatic carbocycles. The Bertz CT molecular complexity index is 379. The standard InChI is InChI=1S/C15H26N2O3/c1-5-20-8-12(9(2)3)17-10(4)14(18)16-13(15(17)19)11-6-7-11/h9-13H,5-8H2,1-4H3,(H,16,18). The Hall–Kier alpha value is -1.10. The van der Waals surface area contributed by atoms with Gasteiger partial charge in [0.05, 0.1) is 12.6 Å². The molecule has 114 valence electrons. The molecule has 1 aliphatic heterocycles. The molecule has 5 heteroatoms. The molecule has 2 rings (SSSR count). The number of ether oxygens (including phenoxy) is 1. The number of carbonyl (C=O) groups is 2. The van der Waals surface area contributed by atoms with Crippen LogP contribution in [-0.2, 0) is 14.3 Å². The van der Waals surface area contributed by atoms with E-state index in [9.17, 15) is 9.59 Å². The van der Waals surface area contributed by atoms with Crippen LogP contribution in [0.1, 0.15) is 40.5 Å². The van der Waals surface area contributed by atoms with E-state index in [0.717, 1.165) is 12.8 Å². The Labute approximate surface area is 121 Å². The molecule has 2 amide bonds.